The molecule has 25 heavy (non-hydrogen) atoms. The van der Waals surface area contributed by atoms with Crippen LogP contribution in [0.15, 0.2) is 83.7 Å². The highest BCUT2D eigenvalue weighted by Gasteiger charge is 2.22. The Bertz CT molecular complexity index is 730. The molecule has 0 bridgehead atoms. The van der Waals surface area contributed by atoms with Crippen LogP contribution in [0.5, 0.6) is 0 Å². The molecular weight excluding hydrogens is 314 g/mol. The summed E-state index contributed by atoms with van der Waals surface area (Å²) < 4.78 is 4.97. The number of benzene rings is 2. The minimum absolute atomic E-state index is 0.0724. The first kappa shape index (κ1) is 17.0. The van der Waals surface area contributed by atoms with Crippen LogP contribution in [0, 0.1) is 0 Å². The molecule has 0 aliphatic rings. The normalized spacial score (nSPS) is 12.1. The van der Waals surface area contributed by atoms with E-state index < -0.39 is 6.10 Å². The van der Waals surface area contributed by atoms with Crippen molar-refractivity contribution in [2.45, 2.75) is 18.4 Å². The van der Waals surface area contributed by atoms with Crippen molar-refractivity contribution in [3.05, 3.63) is 95.9 Å². The predicted molar refractivity (Wildman–Crippen MR) is 96.0 cm³/mol. The van der Waals surface area contributed by atoms with Gasteiger partial charge in [-0.3, -0.25) is 4.79 Å². The van der Waals surface area contributed by atoms with Gasteiger partial charge < -0.3 is 14.8 Å². The van der Waals surface area contributed by atoms with E-state index in [9.17, 15) is 9.90 Å². The van der Waals surface area contributed by atoms with Gasteiger partial charge in [-0.25, -0.2) is 0 Å². The van der Waals surface area contributed by atoms with Crippen LogP contribution < -0.4 is 5.32 Å². The number of nitrogens with one attached hydrogen (secondary N) is 1. The fourth-order valence-electron chi connectivity index (χ4n) is 2.85. The zero-order chi connectivity index (χ0) is 17.5. The summed E-state index contributed by atoms with van der Waals surface area (Å²) in [5.41, 5.74) is 2.61. The van der Waals surface area contributed by atoms with E-state index in [1.165, 1.54) is 12.5 Å². The Hall–Kier alpha value is -2.85. The number of furan rings is 1. The largest absolute Gasteiger partial charge is 0.472 e. The summed E-state index contributed by atoms with van der Waals surface area (Å²) in [7, 11) is 0. The second-order valence-electron chi connectivity index (χ2n) is 5.91. The van der Waals surface area contributed by atoms with Crippen molar-refractivity contribution < 1.29 is 14.3 Å². The Morgan fingerprint density at radius 2 is 1.52 bits per heavy atom. The smallest absolute Gasteiger partial charge is 0.232 e. The Kier molecular flexibility index (Phi) is 5.65. The van der Waals surface area contributed by atoms with Gasteiger partial charge in [-0.1, -0.05) is 60.7 Å². The molecule has 2 N–H and O–H groups in total. The van der Waals surface area contributed by atoms with E-state index in [1.54, 1.807) is 6.07 Å². The van der Waals surface area contributed by atoms with E-state index in [0.717, 1.165) is 16.7 Å². The average molecular weight is 335 g/mol. The Morgan fingerprint density at radius 3 is 2.04 bits per heavy atom. The molecule has 3 aromatic rings. The summed E-state index contributed by atoms with van der Waals surface area (Å²) in [5, 5.41) is 13.0. The SMILES string of the molecule is O=C(NCC[C@H](O)c1ccoc1)C(c1ccccc1)c1ccccc1. The second kappa shape index (κ2) is 8.31. The van der Waals surface area contributed by atoms with Gasteiger partial charge in [0.15, 0.2) is 0 Å². The predicted octanol–water partition coefficient (Wildman–Crippen LogP) is 3.65. The highest BCUT2D eigenvalue weighted by molar-refractivity contribution is 5.87. The molecule has 4 heteroatoms. The van der Waals surface area contributed by atoms with Gasteiger partial charge in [-0.15, -0.1) is 0 Å². The van der Waals surface area contributed by atoms with Crippen molar-refractivity contribution in [1.82, 2.24) is 5.32 Å². The van der Waals surface area contributed by atoms with Crippen molar-refractivity contribution >= 4 is 5.91 Å². The van der Waals surface area contributed by atoms with Gasteiger partial charge in [0.1, 0.15) is 0 Å². The molecule has 128 valence electrons. The molecule has 0 unspecified atom stereocenters. The average Bonchev–Trinajstić information content (AvgIpc) is 3.18. The molecule has 0 fully saturated rings. The molecule has 1 amide bonds. The van der Waals surface area contributed by atoms with Crippen LogP contribution in [0.4, 0.5) is 0 Å². The minimum atomic E-state index is -0.647. The lowest BCUT2D eigenvalue weighted by atomic mass is 9.90. The molecule has 0 spiro atoms. The molecule has 2 aromatic carbocycles. The summed E-state index contributed by atoms with van der Waals surface area (Å²) in [6.45, 7) is 0.390. The zero-order valence-electron chi connectivity index (χ0n) is 13.8. The van der Waals surface area contributed by atoms with Gasteiger partial charge in [0.05, 0.1) is 24.5 Å². The maximum Gasteiger partial charge on any atom is 0.232 e. The topological polar surface area (TPSA) is 62.5 Å². The summed E-state index contributed by atoms with van der Waals surface area (Å²) in [6.07, 6.45) is 2.83. The lowest BCUT2D eigenvalue weighted by Crippen LogP contribution is -2.31. The molecule has 1 aromatic heterocycles. The molecule has 0 saturated carbocycles. The highest BCUT2D eigenvalue weighted by Crippen LogP contribution is 2.25. The molecule has 4 nitrogen and oxygen atoms in total. The number of hydrogen-bond acceptors (Lipinski definition) is 3. The molecule has 1 heterocycles. The maximum absolute atomic E-state index is 12.8. The summed E-state index contributed by atoms with van der Waals surface area (Å²) in [6, 6.07) is 21.1. The van der Waals surface area contributed by atoms with E-state index in [4.69, 9.17) is 4.42 Å². The van der Waals surface area contributed by atoms with Crippen molar-refractivity contribution in [1.29, 1.82) is 0 Å². The Morgan fingerprint density at radius 1 is 0.920 bits per heavy atom. The number of aliphatic hydroxyl groups excluding tert-OH is 1. The lowest BCUT2D eigenvalue weighted by Gasteiger charge is -2.18. The molecule has 3 rings (SSSR count). The monoisotopic (exact) mass is 335 g/mol. The number of hydrogen-bond donors (Lipinski definition) is 2. The third kappa shape index (κ3) is 4.37. The number of carbonyl (C=O) groups is 1. The highest BCUT2D eigenvalue weighted by atomic mass is 16.3. The first-order valence-electron chi connectivity index (χ1n) is 8.33. The van der Waals surface area contributed by atoms with Gasteiger partial charge in [0.25, 0.3) is 0 Å². The lowest BCUT2D eigenvalue weighted by molar-refractivity contribution is -0.121. The van der Waals surface area contributed by atoms with E-state index in [1.807, 2.05) is 60.7 Å². The third-order valence-electron chi connectivity index (χ3n) is 4.17. The molecule has 0 radical (unpaired) electrons. The Labute approximate surface area is 147 Å². The second-order valence-corrected chi connectivity index (χ2v) is 5.91. The van der Waals surface area contributed by atoms with E-state index in [0.29, 0.717) is 13.0 Å². The molecule has 0 aliphatic carbocycles. The van der Waals surface area contributed by atoms with Crippen LogP contribution in [-0.4, -0.2) is 17.6 Å². The van der Waals surface area contributed by atoms with E-state index >= 15 is 0 Å². The molecule has 1 atom stereocenters. The number of rotatable bonds is 7. The third-order valence-corrected chi connectivity index (χ3v) is 4.17. The van der Waals surface area contributed by atoms with Crippen molar-refractivity contribution in [3.63, 3.8) is 0 Å². The summed E-state index contributed by atoms with van der Waals surface area (Å²) in [5.74, 6) is -0.440. The maximum atomic E-state index is 12.8. The quantitative estimate of drug-likeness (QED) is 0.693. The van der Waals surface area contributed by atoms with Crippen LogP contribution in [-0.2, 0) is 4.79 Å². The fraction of sp³-hybridized carbons (Fsp3) is 0.190. The summed E-state index contributed by atoms with van der Waals surface area (Å²) >= 11 is 0. The van der Waals surface area contributed by atoms with Crippen LogP contribution in [0.3, 0.4) is 0 Å². The zero-order valence-corrected chi connectivity index (χ0v) is 13.8. The number of carbonyl (C=O) groups excluding carboxylic acids is 1. The van der Waals surface area contributed by atoms with Crippen LogP contribution in [0.25, 0.3) is 0 Å². The molecule has 0 aliphatic heterocycles. The van der Waals surface area contributed by atoms with Crippen molar-refractivity contribution in [2.75, 3.05) is 6.54 Å². The van der Waals surface area contributed by atoms with Gasteiger partial charge in [-0.05, 0) is 23.6 Å². The molecular formula is C21H21NO3. The van der Waals surface area contributed by atoms with Gasteiger partial charge in [0, 0.05) is 12.1 Å². The first-order chi connectivity index (χ1) is 12.3. The first-order valence-corrected chi connectivity index (χ1v) is 8.33. The van der Waals surface area contributed by atoms with Gasteiger partial charge in [0.2, 0.25) is 5.91 Å². The summed E-state index contributed by atoms with van der Waals surface area (Å²) in [4.78, 5) is 12.8. The van der Waals surface area contributed by atoms with E-state index in [-0.39, 0.29) is 11.8 Å². The minimum Gasteiger partial charge on any atom is -0.472 e. The standard InChI is InChI=1S/C21H21NO3/c23-19(18-12-14-25-15-18)11-13-22-21(24)20(16-7-3-1-4-8-16)17-9-5-2-6-10-17/h1-10,12,14-15,19-20,23H,11,13H2,(H,22,24)/t19-/m0/s1. The van der Waals surface area contributed by atoms with E-state index in [2.05, 4.69) is 5.32 Å². The van der Waals surface area contributed by atoms with Crippen molar-refractivity contribution in [3.8, 4) is 0 Å². The van der Waals surface area contributed by atoms with Crippen LogP contribution in [0.2, 0.25) is 0 Å². The molecule has 0 saturated heterocycles. The fourth-order valence-corrected chi connectivity index (χ4v) is 2.85. The Balaban J connectivity index is 1.68. The van der Waals surface area contributed by atoms with Gasteiger partial charge in [-0.2, -0.15) is 0 Å². The van der Waals surface area contributed by atoms with Crippen LogP contribution in [0.1, 0.15) is 35.1 Å². The van der Waals surface area contributed by atoms with Crippen molar-refractivity contribution in [2.24, 2.45) is 0 Å². The number of amides is 1. The van der Waals surface area contributed by atoms with Crippen LogP contribution >= 0.6 is 0 Å². The number of aliphatic hydroxyl groups is 1. The van der Waals surface area contributed by atoms with Gasteiger partial charge >= 0.3 is 0 Å².